The summed E-state index contributed by atoms with van der Waals surface area (Å²) in [6.07, 6.45) is 0. The topological polar surface area (TPSA) is 32.5 Å². The SMILES string of the molecule is Cc1ccc(F)cc1CN1CCN(C(C)(C)C(N)=S)CC1. The maximum atomic E-state index is 13.4. The second-order valence-electron chi connectivity index (χ2n) is 6.26. The van der Waals surface area contributed by atoms with Crippen LogP contribution < -0.4 is 5.73 Å². The van der Waals surface area contributed by atoms with Gasteiger partial charge in [0.1, 0.15) is 5.82 Å². The first-order valence-electron chi connectivity index (χ1n) is 7.33. The zero-order valence-electron chi connectivity index (χ0n) is 13.0. The van der Waals surface area contributed by atoms with Crippen molar-refractivity contribution in [2.24, 2.45) is 5.73 Å². The van der Waals surface area contributed by atoms with Crippen LogP contribution in [0.1, 0.15) is 25.0 Å². The lowest BCUT2D eigenvalue weighted by Crippen LogP contribution is -2.59. The van der Waals surface area contributed by atoms with Crippen molar-refractivity contribution in [3.63, 3.8) is 0 Å². The summed E-state index contributed by atoms with van der Waals surface area (Å²) in [6.45, 7) is 10.7. The summed E-state index contributed by atoms with van der Waals surface area (Å²) in [6, 6.07) is 5.00. The molecule has 3 nitrogen and oxygen atoms in total. The van der Waals surface area contributed by atoms with E-state index in [4.69, 9.17) is 18.0 Å². The van der Waals surface area contributed by atoms with Crippen molar-refractivity contribution in [2.45, 2.75) is 32.9 Å². The highest BCUT2D eigenvalue weighted by molar-refractivity contribution is 7.80. The molecule has 0 atom stereocenters. The van der Waals surface area contributed by atoms with Crippen LogP contribution in [0, 0.1) is 12.7 Å². The molecule has 0 unspecified atom stereocenters. The highest BCUT2D eigenvalue weighted by Crippen LogP contribution is 2.19. The first-order chi connectivity index (χ1) is 9.80. The third-order valence-corrected chi connectivity index (χ3v) is 4.97. The minimum atomic E-state index is -0.240. The zero-order valence-corrected chi connectivity index (χ0v) is 13.8. The van der Waals surface area contributed by atoms with E-state index in [0.717, 1.165) is 43.9 Å². The second-order valence-corrected chi connectivity index (χ2v) is 6.70. The minimum Gasteiger partial charge on any atom is -0.392 e. The first-order valence-corrected chi connectivity index (χ1v) is 7.74. The Labute approximate surface area is 131 Å². The molecule has 1 saturated heterocycles. The number of hydrogen-bond acceptors (Lipinski definition) is 3. The van der Waals surface area contributed by atoms with Gasteiger partial charge in [0.05, 0.1) is 10.5 Å². The number of thiocarbonyl (C=S) groups is 1. The van der Waals surface area contributed by atoms with Gasteiger partial charge in [0.15, 0.2) is 0 Å². The maximum absolute atomic E-state index is 13.4. The van der Waals surface area contributed by atoms with E-state index in [1.165, 1.54) is 6.07 Å². The fourth-order valence-electron chi connectivity index (χ4n) is 2.67. The highest BCUT2D eigenvalue weighted by atomic mass is 32.1. The minimum absolute atomic E-state index is 0.163. The molecule has 0 radical (unpaired) electrons. The standard InChI is InChI=1S/C16H24FN3S/c1-12-4-5-14(17)10-13(12)11-19-6-8-20(9-7-19)16(2,3)15(18)21/h4-5,10H,6-9,11H2,1-3H3,(H2,18,21). The average Bonchev–Trinajstić information content (AvgIpc) is 2.43. The Morgan fingerprint density at radius 3 is 2.48 bits per heavy atom. The molecule has 1 heterocycles. The van der Waals surface area contributed by atoms with Gasteiger partial charge in [-0.25, -0.2) is 4.39 Å². The Morgan fingerprint density at radius 2 is 1.90 bits per heavy atom. The van der Waals surface area contributed by atoms with E-state index < -0.39 is 0 Å². The predicted octanol–water partition coefficient (Wildman–Crippen LogP) is 2.32. The monoisotopic (exact) mass is 309 g/mol. The summed E-state index contributed by atoms with van der Waals surface area (Å²) in [5.74, 6) is -0.163. The van der Waals surface area contributed by atoms with Crippen LogP contribution in [0.2, 0.25) is 0 Å². The second kappa shape index (κ2) is 6.38. The fourth-order valence-corrected chi connectivity index (χ4v) is 2.80. The van der Waals surface area contributed by atoms with Crippen molar-refractivity contribution in [3.8, 4) is 0 Å². The van der Waals surface area contributed by atoms with E-state index in [0.29, 0.717) is 4.99 Å². The first kappa shape index (κ1) is 16.3. The molecular formula is C16H24FN3S. The molecule has 0 spiro atoms. The molecule has 1 aromatic carbocycles. The van der Waals surface area contributed by atoms with Crippen molar-refractivity contribution >= 4 is 17.2 Å². The summed E-state index contributed by atoms with van der Waals surface area (Å²) in [7, 11) is 0. The molecule has 1 aromatic rings. The molecule has 2 rings (SSSR count). The molecule has 0 aliphatic carbocycles. The van der Waals surface area contributed by atoms with Gasteiger partial charge >= 0.3 is 0 Å². The molecule has 1 aliphatic rings. The smallest absolute Gasteiger partial charge is 0.123 e. The number of rotatable bonds is 4. The van der Waals surface area contributed by atoms with E-state index >= 15 is 0 Å². The average molecular weight is 309 g/mol. The lowest BCUT2D eigenvalue weighted by atomic mass is 10.0. The van der Waals surface area contributed by atoms with Crippen LogP contribution in [-0.4, -0.2) is 46.5 Å². The summed E-state index contributed by atoms with van der Waals surface area (Å²) < 4.78 is 13.4. The number of aryl methyl sites for hydroxylation is 1. The van der Waals surface area contributed by atoms with Crippen molar-refractivity contribution in [3.05, 3.63) is 35.1 Å². The Kier molecular flexibility index (Phi) is 4.96. The Morgan fingerprint density at radius 1 is 1.29 bits per heavy atom. The van der Waals surface area contributed by atoms with E-state index in [1.807, 2.05) is 13.0 Å². The number of nitrogens with zero attached hydrogens (tertiary/aromatic N) is 2. The molecule has 0 saturated carbocycles. The highest BCUT2D eigenvalue weighted by Gasteiger charge is 2.32. The van der Waals surface area contributed by atoms with Crippen molar-refractivity contribution in [1.82, 2.24) is 9.80 Å². The molecule has 1 aliphatic heterocycles. The molecular weight excluding hydrogens is 285 g/mol. The zero-order chi connectivity index (χ0) is 15.6. The Balaban J connectivity index is 1.96. The van der Waals surface area contributed by atoms with Gasteiger partial charge in [0.25, 0.3) is 0 Å². The molecule has 1 fully saturated rings. The molecule has 116 valence electrons. The van der Waals surface area contributed by atoms with Crippen LogP contribution in [0.25, 0.3) is 0 Å². The van der Waals surface area contributed by atoms with Gasteiger partial charge in [-0.2, -0.15) is 0 Å². The lowest BCUT2D eigenvalue weighted by Gasteiger charge is -2.43. The van der Waals surface area contributed by atoms with Crippen molar-refractivity contribution in [2.75, 3.05) is 26.2 Å². The number of hydrogen-bond donors (Lipinski definition) is 1. The summed E-state index contributed by atoms with van der Waals surface area (Å²) in [4.78, 5) is 5.22. The number of benzene rings is 1. The quantitative estimate of drug-likeness (QED) is 0.865. The summed E-state index contributed by atoms with van der Waals surface area (Å²) in [5.41, 5.74) is 7.80. The van der Waals surface area contributed by atoms with Gasteiger partial charge in [0, 0.05) is 32.7 Å². The Bertz CT molecular complexity index is 522. The molecule has 5 heteroatoms. The third-order valence-electron chi connectivity index (χ3n) is 4.47. The Hall–Kier alpha value is -1.04. The van der Waals surface area contributed by atoms with Crippen molar-refractivity contribution in [1.29, 1.82) is 0 Å². The maximum Gasteiger partial charge on any atom is 0.123 e. The summed E-state index contributed by atoms with van der Waals surface area (Å²) in [5, 5.41) is 0. The molecule has 0 aromatic heterocycles. The van der Waals surface area contributed by atoms with Crippen molar-refractivity contribution < 1.29 is 4.39 Å². The van der Waals surface area contributed by atoms with E-state index in [-0.39, 0.29) is 11.4 Å². The van der Waals surface area contributed by atoms with Gasteiger partial charge in [-0.3, -0.25) is 9.80 Å². The van der Waals surface area contributed by atoms with Crippen LogP contribution in [-0.2, 0) is 6.54 Å². The number of piperazine rings is 1. The van der Waals surface area contributed by atoms with E-state index in [1.54, 1.807) is 6.07 Å². The van der Waals surface area contributed by atoms with Gasteiger partial charge in [-0.15, -0.1) is 0 Å². The van der Waals surface area contributed by atoms with Gasteiger partial charge < -0.3 is 5.73 Å². The van der Waals surface area contributed by atoms with Gasteiger partial charge in [0.2, 0.25) is 0 Å². The predicted molar refractivity (Wildman–Crippen MR) is 88.9 cm³/mol. The fraction of sp³-hybridized carbons (Fsp3) is 0.562. The molecule has 0 amide bonds. The van der Waals surface area contributed by atoms with Crippen LogP contribution in [0.15, 0.2) is 18.2 Å². The van der Waals surface area contributed by atoms with Gasteiger partial charge in [-0.05, 0) is 44.0 Å². The molecule has 2 N–H and O–H groups in total. The lowest BCUT2D eigenvalue weighted by molar-refractivity contribution is 0.0820. The molecule has 0 bridgehead atoms. The van der Waals surface area contributed by atoms with Crippen LogP contribution in [0.5, 0.6) is 0 Å². The normalized spacial score (nSPS) is 17.9. The van der Waals surface area contributed by atoms with Crippen LogP contribution >= 0.6 is 12.2 Å². The van der Waals surface area contributed by atoms with Crippen LogP contribution in [0.4, 0.5) is 4.39 Å². The largest absolute Gasteiger partial charge is 0.392 e. The summed E-state index contributed by atoms with van der Waals surface area (Å²) >= 11 is 5.16. The van der Waals surface area contributed by atoms with Gasteiger partial charge in [-0.1, -0.05) is 18.3 Å². The third kappa shape index (κ3) is 3.78. The van der Waals surface area contributed by atoms with E-state index in [2.05, 4.69) is 23.6 Å². The van der Waals surface area contributed by atoms with Crippen LogP contribution in [0.3, 0.4) is 0 Å². The van der Waals surface area contributed by atoms with E-state index in [9.17, 15) is 4.39 Å². The number of nitrogens with two attached hydrogens (primary N) is 1. The molecule has 21 heavy (non-hydrogen) atoms. The number of halogens is 1.